The Kier molecular flexibility index (Phi) is 7.34. The topological polar surface area (TPSA) is 128 Å². The van der Waals surface area contributed by atoms with Gasteiger partial charge in [0.2, 0.25) is 11.8 Å². The first kappa shape index (κ1) is 30.3. The van der Waals surface area contributed by atoms with Crippen LogP contribution in [0.25, 0.3) is 21.5 Å². The summed E-state index contributed by atoms with van der Waals surface area (Å²) in [6, 6.07) is 17.8. The lowest BCUT2D eigenvalue weighted by Gasteiger charge is -2.46. The summed E-state index contributed by atoms with van der Waals surface area (Å²) in [5, 5.41) is 13.6. The van der Waals surface area contributed by atoms with Gasteiger partial charge in [-0.1, -0.05) is 55.5 Å². The number of phenolic OH excluding ortho intramolecular Hbond substituents is 1. The lowest BCUT2D eigenvalue weighted by Crippen LogP contribution is -2.53. The van der Waals surface area contributed by atoms with Crippen LogP contribution in [0.15, 0.2) is 60.7 Å². The zero-order valence-corrected chi connectivity index (χ0v) is 26.7. The van der Waals surface area contributed by atoms with E-state index < -0.39 is 19.2 Å². The number of carbonyl (C=O) groups excluding carboxylic acids is 2. The highest BCUT2D eigenvalue weighted by molar-refractivity contribution is 7.46. The highest BCUT2D eigenvalue weighted by Gasteiger charge is 2.54. The first-order chi connectivity index (χ1) is 21.4. The van der Waals surface area contributed by atoms with E-state index in [-0.39, 0.29) is 41.0 Å². The van der Waals surface area contributed by atoms with E-state index in [9.17, 15) is 29.0 Å². The number of phosphoric ester groups is 1. The molecular formula is C33H31Cl2N2O7P. The third kappa shape index (κ3) is 4.88. The number of anilines is 2. The molecule has 2 amide bonds. The highest BCUT2D eigenvalue weighted by Crippen LogP contribution is 2.54. The van der Waals surface area contributed by atoms with E-state index in [0.717, 1.165) is 16.5 Å². The molecule has 7 rings (SSSR count). The van der Waals surface area contributed by atoms with Crippen LogP contribution >= 0.6 is 31.0 Å². The molecule has 0 spiro atoms. The molecule has 2 atom stereocenters. The maximum atomic E-state index is 14.1. The number of rotatable bonds is 6. The predicted molar refractivity (Wildman–Crippen MR) is 175 cm³/mol. The summed E-state index contributed by atoms with van der Waals surface area (Å²) in [6.07, 6.45) is 0.663. The summed E-state index contributed by atoms with van der Waals surface area (Å²) in [4.78, 5) is 50.6. The second-order valence-electron chi connectivity index (χ2n) is 12.5. The molecule has 3 N–H and O–H groups in total. The zero-order valence-electron chi connectivity index (χ0n) is 24.3. The van der Waals surface area contributed by atoms with Gasteiger partial charge in [0.1, 0.15) is 11.5 Å². The molecule has 0 bridgehead atoms. The number of aromatic hydroxyl groups is 1. The molecule has 12 heteroatoms. The molecule has 0 radical (unpaired) electrons. The molecule has 9 nitrogen and oxygen atoms in total. The van der Waals surface area contributed by atoms with Gasteiger partial charge >= 0.3 is 7.82 Å². The van der Waals surface area contributed by atoms with Crippen molar-refractivity contribution in [3.8, 4) is 11.5 Å². The van der Waals surface area contributed by atoms with Crippen molar-refractivity contribution in [2.24, 2.45) is 11.3 Å². The molecule has 2 unspecified atom stereocenters. The SMILES string of the molecule is CC1(C(=O)N2CC(CCl)c3c2cc(O)c2ccccc32)CC(C(=O)N2CC(CCl)c3c2cc(OP(=O)(O)O)c2ccccc32)C1. The number of amides is 2. The standard InChI is InChI=1S/C33H31Cl2N2O7P/c1-33(32(40)37-17-20(15-35)29-23-8-4-2-6-21(23)27(38)10-25(29)37)12-18(13-33)31(39)36-16-19(14-34)30-24-9-5-3-7-22(24)28(11-26(30)36)44-45(41,42)43/h2-11,18-20,38H,12-17H2,1H3,(H2,41,42,43). The number of hydrogen-bond donors (Lipinski definition) is 3. The van der Waals surface area contributed by atoms with E-state index in [0.29, 0.717) is 59.3 Å². The van der Waals surface area contributed by atoms with Crippen LogP contribution in [0, 0.1) is 11.3 Å². The molecule has 4 aromatic rings. The Hall–Kier alpha value is -3.33. The second-order valence-corrected chi connectivity index (χ2v) is 14.3. The van der Waals surface area contributed by atoms with Crippen molar-refractivity contribution in [1.82, 2.24) is 0 Å². The molecule has 1 aliphatic carbocycles. The molecule has 2 heterocycles. The molecular weight excluding hydrogens is 638 g/mol. The number of halogens is 2. The quantitative estimate of drug-likeness (QED) is 0.156. The maximum Gasteiger partial charge on any atom is 0.524 e. The molecule has 1 saturated carbocycles. The predicted octanol–water partition coefficient (Wildman–Crippen LogP) is 6.62. The number of fused-ring (bicyclic) bond motifs is 6. The Balaban J connectivity index is 1.17. The summed E-state index contributed by atoms with van der Waals surface area (Å²) in [5.74, 6) is -0.352. The van der Waals surface area contributed by atoms with Gasteiger partial charge in [0.05, 0.1) is 11.4 Å². The van der Waals surface area contributed by atoms with Crippen LogP contribution in [-0.4, -0.2) is 51.6 Å². The van der Waals surface area contributed by atoms with Gasteiger partial charge in [0.15, 0.2) is 0 Å². The fourth-order valence-electron chi connectivity index (χ4n) is 7.62. The van der Waals surface area contributed by atoms with Gasteiger partial charge in [-0.25, -0.2) is 4.57 Å². The number of hydrogen-bond acceptors (Lipinski definition) is 5. The van der Waals surface area contributed by atoms with Gasteiger partial charge < -0.3 is 19.4 Å². The van der Waals surface area contributed by atoms with E-state index in [2.05, 4.69) is 0 Å². The molecule has 1 fully saturated rings. The Bertz CT molecular complexity index is 1940. The third-order valence-electron chi connectivity index (χ3n) is 9.63. The van der Waals surface area contributed by atoms with E-state index in [1.165, 1.54) is 6.07 Å². The Morgan fingerprint density at radius 3 is 1.96 bits per heavy atom. The second kappa shape index (κ2) is 10.9. The summed E-state index contributed by atoms with van der Waals surface area (Å²) >= 11 is 12.8. The molecule has 45 heavy (non-hydrogen) atoms. The molecule has 0 saturated heterocycles. The van der Waals surface area contributed by atoms with E-state index in [1.54, 1.807) is 28.0 Å². The van der Waals surface area contributed by atoms with Crippen molar-refractivity contribution >= 4 is 75.8 Å². The number of alkyl halides is 2. The number of phosphoric acid groups is 1. The minimum Gasteiger partial charge on any atom is -0.507 e. The van der Waals surface area contributed by atoms with Gasteiger partial charge in [-0.2, -0.15) is 0 Å². The number of nitrogens with zero attached hydrogens (tertiary/aromatic N) is 2. The van der Waals surface area contributed by atoms with Crippen LogP contribution in [0.1, 0.15) is 42.7 Å². The Morgan fingerprint density at radius 2 is 1.38 bits per heavy atom. The Morgan fingerprint density at radius 1 is 0.867 bits per heavy atom. The minimum atomic E-state index is -4.88. The molecule has 2 aliphatic heterocycles. The van der Waals surface area contributed by atoms with Crippen LogP contribution in [0.4, 0.5) is 11.4 Å². The third-order valence-corrected chi connectivity index (χ3v) is 10.8. The van der Waals surface area contributed by atoms with Crippen molar-refractivity contribution in [3.63, 3.8) is 0 Å². The van der Waals surface area contributed by atoms with Crippen LogP contribution in [-0.2, 0) is 14.2 Å². The maximum absolute atomic E-state index is 14.1. The van der Waals surface area contributed by atoms with Crippen molar-refractivity contribution < 1.29 is 33.6 Å². The van der Waals surface area contributed by atoms with E-state index in [4.69, 9.17) is 27.7 Å². The van der Waals surface area contributed by atoms with Crippen molar-refractivity contribution in [2.75, 3.05) is 34.6 Å². The Labute approximate surface area is 269 Å². The van der Waals surface area contributed by atoms with Gasteiger partial charge in [0, 0.05) is 70.9 Å². The summed E-state index contributed by atoms with van der Waals surface area (Å²) in [7, 11) is -4.88. The summed E-state index contributed by atoms with van der Waals surface area (Å²) < 4.78 is 16.9. The average molecular weight is 669 g/mol. The lowest BCUT2D eigenvalue weighted by molar-refractivity contribution is -0.140. The van der Waals surface area contributed by atoms with Crippen LogP contribution < -0.4 is 14.3 Å². The van der Waals surface area contributed by atoms with Crippen LogP contribution in [0.3, 0.4) is 0 Å². The van der Waals surface area contributed by atoms with Gasteiger partial charge in [-0.3, -0.25) is 19.4 Å². The molecule has 234 valence electrons. The van der Waals surface area contributed by atoms with Crippen molar-refractivity contribution in [3.05, 3.63) is 71.8 Å². The number of carbonyl (C=O) groups is 2. The van der Waals surface area contributed by atoms with Crippen LogP contribution in [0.5, 0.6) is 11.5 Å². The molecule has 3 aliphatic rings. The summed E-state index contributed by atoms with van der Waals surface area (Å²) in [6.45, 7) is 2.57. The largest absolute Gasteiger partial charge is 0.524 e. The van der Waals surface area contributed by atoms with E-state index in [1.807, 2.05) is 43.3 Å². The molecule has 0 aromatic heterocycles. The smallest absolute Gasteiger partial charge is 0.507 e. The number of benzene rings is 4. The van der Waals surface area contributed by atoms with Crippen LogP contribution in [0.2, 0.25) is 0 Å². The van der Waals surface area contributed by atoms with Gasteiger partial charge in [0.25, 0.3) is 0 Å². The fourth-order valence-corrected chi connectivity index (χ4v) is 8.53. The van der Waals surface area contributed by atoms with Gasteiger partial charge in [-0.05, 0) is 34.7 Å². The highest BCUT2D eigenvalue weighted by atomic mass is 35.5. The normalized spacial score (nSPS) is 24.1. The van der Waals surface area contributed by atoms with Crippen molar-refractivity contribution in [1.29, 1.82) is 0 Å². The first-order valence-corrected chi connectivity index (χ1v) is 17.3. The lowest BCUT2D eigenvalue weighted by atomic mass is 9.62. The minimum absolute atomic E-state index is 0.0170. The number of phenols is 1. The fraction of sp³-hybridized carbons (Fsp3) is 0.333. The van der Waals surface area contributed by atoms with Gasteiger partial charge in [-0.15, -0.1) is 23.2 Å². The average Bonchev–Trinajstić information content (AvgIpc) is 3.56. The zero-order chi connectivity index (χ0) is 31.8. The first-order valence-electron chi connectivity index (χ1n) is 14.7. The summed E-state index contributed by atoms with van der Waals surface area (Å²) in [5.41, 5.74) is 2.14. The molecule has 4 aromatic carbocycles. The van der Waals surface area contributed by atoms with E-state index >= 15 is 0 Å². The monoisotopic (exact) mass is 668 g/mol. The van der Waals surface area contributed by atoms with Crippen molar-refractivity contribution in [2.45, 2.75) is 31.6 Å².